The molecular weight excluding hydrogens is 400 g/mol. The summed E-state index contributed by atoms with van der Waals surface area (Å²) >= 11 is 0. The Bertz CT molecular complexity index is 952. The van der Waals surface area contributed by atoms with Gasteiger partial charge < -0.3 is 15.7 Å². The van der Waals surface area contributed by atoms with Crippen LogP contribution in [-0.4, -0.2) is 29.6 Å². The lowest BCUT2D eigenvalue weighted by Gasteiger charge is -2.26. The van der Waals surface area contributed by atoms with Crippen LogP contribution in [0.25, 0.3) is 0 Å². The van der Waals surface area contributed by atoms with Gasteiger partial charge in [-0.05, 0) is 22.6 Å². The van der Waals surface area contributed by atoms with Crippen LogP contribution in [-0.2, 0) is 9.59 Å². The van der Waals surface area contributed by atoms with Crippen LogP contribution >= 0.6 is 0 Å². The van der Waals surface area contributed by atoms with Crippen LogP contribution in [0.1, 0.15) is 42.5 Å². The van der Waals surface area contributed by atoms with Crippen LogP contribution in [0.5, 0.6) is 0 Å². The molecule has 0 fully saturated rings. The Morgan fingerprint density at radius 3 is 1.53 bits per heavy atom. The Morgan fingerprint density at radius 1 is 0.688 bits per heavy atom. The predicted octanol–water partition coefficient (Wildman–Crippen LogP) is 3.81. The minimum atomic E-state index is -0.883. The van der Waals surface area contributed by atoms with Gasteiger partial charge in [-0.3, -0.25) is 9.59 Å². The third-order valence-electron chi connectivity index (χ3n) is 5.54. The molecule has 3 aromatic rings. The second-order valence-corrected chi connectivity index (χ2v) is 8.15. The topological polar surface area (TPSA) is 78.4 Å². The van der Waals surface area contributed by atoms with E-state index in [0.717, 1.165) is 11.1 Å². The Hall–Kier alpha value is -3.44. The quantitative estimate of drug-likeness (QED) is 0.483. The van der Waals surface area contributed by atoms with E-state index in [0.29, 0.717) is 5.56 Å². The van der Waals surface area contributed by atoms with Crippen molar-refractivity contribution in [2.45, 2.75) is 31.8 Å². The molecule has 0 heterocycles. The van der Waals surface area contributed by atoms with Crippen LogP contribution in [0.2, 0.25) is 0 Å². The van der Waals surface area contributed by atoms with Gasteiger partial charge >= 0.3 is 0 Å². The van der Waals surface area contributed by atoms with E-state index in [-0.39, 0.29) is 24.3 Å². The van der Waals surface area contributed by atoms with Crippen LogP contribution in [0, 0.1) is 5.92 Å². The molecule has 0 spiro atoms. The summed E-state index contributed by atoms with van der Waals surface area (Å²) in [6.45, 7) is 3.69. The third-order valence-corrected chi connectivity index (χ3v) is 5.54. The monoisotopic (exact) mass is 430 g/mol. The van der Waals surface area contributed by atoms with Crippen molar-refractivity contribution in [1.82, 2.24) is 10.6 Å². The minimum Gasteiger partial charge on any atom is -0.394 e. The molecule has 0 saturated heterocycles. The summed E-state index contributed by atoms with van der Waals surface area (Å²) in [4.78, 5) is 26.8. The van der Waals surface area contributed by atoms with Crippen LogP contribution in [0.3, 0.4) is 0 Å². The largest absolute Gasteiger partial charge is 0.394 e. The maximum Gasteiger partial charge on any atom is 0.247 e. The van der Waals surface area contributed by atoms with Crippen LogP contribution < -0.4 is 10.6 Å². The smallest absolute Gasteiger partial charge is 0.247 e. The highest BCUT2D eigenvalue weighted by Gasteiger charge is 2.30. The van der Waals surface area contributed by atoms with Gasteiger partial charge in [0.05, 0.1) is 18.6 Å². The summed E-state index contributed by atoms with van der Waals surface area (Å²) in [5, 5.41) is 15.5. The molecule has 2 atom stereocenters. The first kappa shape index (κ1) is 23.2. The maximum absolute atomic E-state index is 13.6. The maximum atomic E-state index is 13.6. The molecule has 0 aromatic heterocycles. The van der Waals surface area contributed by atoms with Crippen molar-refractivity contribution in [2.75, 3.05) is 6.61 Å². The molecular formula is C27H30N2O3. The number of hydrogen-bond donors (Lipinski definition) is 3. The summed E-state index contributed by atoms with van der Waals surface area (Å²) in [7, 11) is 0. The molecule has 3 N–H and O–H groups in total. The van der Waals surface area contributed by atoms with Gasteiger partial charge in [-0.15, -0.1) is 0 Å². The van der Waals surface area contributed by atoms with Crippen molar-refractivity contribution < 1.29 is 14.7 Å². The highest BCUT2D eigenvalue weighted by molar-refractivity contribution is 5.93. The second-order valence-electron chi connectivity index (χ2n) is 8.15. The van der Waals surface area contributed by atoms with Gasteiger partial charge in [0, 0.05) is 0 Å². The van der Waals surface area contributed by atoms with Gasteiger partial charge in [0.1, 0.15) is 6.04 Å². The number of carbonyl (C=O) groups excluding carboxylic acids is 2. The van der Waals surface area contributed by atoms with Crippen molar-refractivity contribution in [3.05, 3.63) is 108 Å². The molecule has 3 rings (SSSR count). The van der Waals surface area contributed by atoms with Crippen molar-refractivity contribution in [3.63, 3.8) is 0 Å². The Labute approximate surface area is 189 Å². The normalized spacial score (nSPS) is 12.9. The summed E-state index contributed by atoms with van der Waals surface area (Å²) < 4.78 is 0. The number of hydrogen-bond acceptors (Lipinski definition) is 3. The molecule has 3 aromatic carbocycles. The molecule has 2 amide bonds. The van der Waals surface area contributed by atoms with Crippen LogP contribution in [0.4, 0.5) is 0 Å². The molecule has 0 aliphatic heterocycles. The number of benzene rings is 3. The number of nitrogens with one attached hydrogen (secondary N) is 2. The summed E-state index contributed by atoms with van der Waals surface area (Å²) in [5.74, 6) is -1.12. The molecule has 0 unspecified atom stereocenters. The Kier molecular flexibility index (Phi) is 8.17. The number of aliphatic hydroxyl groups excluding tert-OH is 1. The van der Waals surface area contributed by atoms with Crippen LogP contribution in [0.15, 0.2) is 91.0 Å². The highest BCUT2D eigenvalue weighted by atomic mass is 16.3. The molecule has 0 aliphatic rings. The lowest BCUT2D eigenvalue weighted by atomic mass is 9.90. The second kappa shape index (κ2) is 11.3. The Balaban J connectivity index is 1.93. The lowest BCUT2D eigenvalue weighted by molar-refractivity contribution is -0.130. The number of carbonyl (C=O) groups is 2. The minimum absolute atomic E-state index is 0.0532. The average molecular weight is 431 g/mol. The summed E-state index contributed by atoms with van der Waals surface area (Å²) in [6, 6.07) is 26.9. The van der Waals surface area contributed by atoms with Gasteiger partial charge in [-0.1, -0.05) is 105 Å². The zero-order valence-corrected chi connectivity index (χ0v) is 18.4. The van der Waals surface area contributed by atoms with Crippen molar-refractivity contribution in [3.8, 4) is 0 Å². The summed E-state index contributed by atoms with van der Waals surface area (Å²) in [6.07, 6.45) is 0. The zero-order valence-electron chi connectivity index (χ0n) is 18.4. The summed E-state index contributed by atoms with van der Waals surface area (Å²) in [5.41, 5.74) is 2.37. The number of amides is 2. The standard InChI is InChI=1S/C27H30N2O3/c1-19(2)23(18-30)28-27(32)25(22-16-10-5-11-17-22)29-26(31)24(20-12-6-3-7-13-20)21-14-8-4-9-15-21/h3-17,19,23-25,30H,18H2,1-2H3,(H,28,32)(H,29,31)/t23-,25-/m0/s1. The molecule has 0 bridgehead atoms. The van der Waals surface area contributed by atoms with Gasteiger partial charge in [0.2, 0.25) is 11.8 Å². The van der Waals surface area contributed by atoms with E-state index < -0.39 is 18.0 Å². The van der Waals surface area contributed by atoms with E-state index in [1.807, 2.05) is 105 Å². The fraction of sp³-hybridized carbons (Fsp3) is 0.259. The molecule has 5 heteroatoms. The first-order chi connectivity index (χ1) is 15.5. The molecule has 166 valence electrons. The van der Waals surface area contributed by atoms with Crippen molar-refractivity contribution in [2.24, 2.45) is 5.92 Å². The van der Waals surface area contributed by atoms with E-state index in [4.69, 9.17) is 0 Å². The zero-order chi connectivity index (χ0) is 22.9. The van der Waals surface area contributed by atoms with Gasteiger partial charge in [-0.2, -0.15) is 0 Å². The lowest BCUT2D eigenvalue weighted by Crippen LogP contribution is -2.48. The van der Waals surface area contributed by atoms with E-state index in [1.54, 1.807) is 0 Å². The Morgan fingerprint density at radius 2 is 1.12 bits per heavy atom. The molecule has 0 radical (unpaired) electrons. The fourth-order valence-electron chi connectivity index (χ4n) is 3.65. The number of aliphatic hydroxyl groups is 1. The van der Waals surface area contributed by atoms with E-state index >= 15 is 0 Å². The van der Waals surface area contributed by atoms with Gasteiger partial charge in [0.15, 0.2) is 0 Å². The third kappa shape index (κ3) is 5.83. The van der Waals surface area contributed by atoms with E-state index in [9.17, 15) is 14.7 Å². The highest BCUT2D eigenvalue weighted by Crippen LogP contribution is 2.26. The molecule has 5 nitrogen and oxygen atoms in total. The SMILES string of the molecule is CC(C)[C@H](CO)NC(=O)[C@@H](NC(=O)C(c1ccccc1)c1ccccc1)c1ccccc1. The first-order valence-electron chi connectivity index (χ1n) is 10.9. The fourth-order valence-corrected chi connectivity index (χ4v) is 3.65. The van der Waals surface area contributed by atoms with E-state index in [2.05, 4.69) is 10.6 Å². The van der Waals surface area contributed by atoms with Crippen molar-refractivity contribution >= 4 is 11.8 Å². The molecule has 0 aliphatic carbocycles. The average Bonchev–Trinajstić information content (AvgIpc) is 2.82. The molecule has 32 heavy (non-hydrogen) atoms. The van der Waals surface area contributed by atoms with Crippen molar-refractivity contribution in [1.29, 1.82) is 0 Å². The number of rotatable bonds is 9. The predicted molar refractivity (Wildman–Crippen MR) is 126 cm³/mol. The van der Waals surface area contributed by atoms with Gasteiger partial charge in [0.25, 0.3) is 0 Å². The first-order valence-corrected chi connectivity index (χ1v) is 10.9. The molecule has 0 saturated carbocycles. The van der Waals surface area contributed by atoms with E-state index in [1.165, 1.54) is 0 Å². The van der Waals surface area contributed by atoms with Gasteiger partial charge in [-0.25, -0.2) is 0 Å².